The van der Waals surface area contributed by atoms with Gasteiger partial charge in [-0.15, -0.1) is 11.8 Å². The zero-order chi connectivity index (χ0) is 8.27. The third-order valence-electron chi connectivity index (χ3n) is 1.73. The number of rotatable bonds is 2. The van der Waals surface area contributed by atoms with Gasteiger partial charge in [0.1, 0.15) is 0 Å². The van der Waals surface area contributed by atoms with Crippen LogP contribution in [0.5, 0.6) is 0 Å². The minimum absolute atomic E-state index is 1.10. The van der Waals surface area contributed by atoms with Crippen molar-refractivity contribution in [1.29, 1.82) is 0 Å². The number of thioether (sulfide) groups is 1. The van der Waals surface area contributed by atoms with Gasteiger partial charge >= 0.3 is 0 Å². The van der Waals surface area contributed by atoms with Crippen LogP contribution in [0.4, 0.5) is 0 Å². The molecule has 0 aromatic heterocycles. The standard InChI is InChI=1S/C9H13NS/c1-4-8-9(5-2)11-7-6-10(8)3/h4-5H,1-2,6-7H2,3H3. The van der Waals surface area contributed by atoms with E-state index in [1.54, 1.807) is 0 Å². The molecule has 60 valence electrons. The van der Waals surface area contributed by atoms with Gasteiger partial charge in [-0.05, 0) is 6.08 Å². The second-order valence-corrected chi connectivity index (χ2v) is 3.56. The lowest BCUT2D eigenvalue weighted by Crippen LogP contribution is -2.23. The molecule has 2 heteroatoms. The van der Waals surface area contributed by atoms with E-state index in [-0.39, 0.29) is 0 Å². The minimum atomic E-state index is 1.10. The van der Waals surface area contributed by atoms with Crippen molar-refractivity contribution in [3.63, 3.8) is 0 Å². The zero-order valence-electron chi connectivity index (χ0n) is 6.84. The van der Waals surface area contributed by atoms with Gasteiger partial charge in [-0.1, -0.05) is 19.2 Å². The molecule has 0 spiro atoms. The van der Waals surface area contributed by atoms with Crippen molar-refractivity contribution in [3.05, 3.63) is 35.9 Å². The molecule has 0 fully saturated rings. The number of nitrogens with zero attached hydrogens (tertiary/aromatic N) is 1. The Kier molecular flexibility index (Phi) is 2.83. The second kappa shape index (κ2) is 3.67. The lowest BCUT2D eigenvalue weighted by molar-refractivity contribution is 0.455. The summed E-state index contributed by atoms with van der Waals surface area (Å²) in [6.07, 6.45) is 3.79. The molecule has 0 unspecified atom stereocenters. The number of allylic oxidation sites excluding steroid dienone is 2. The summed E-state index contributed by atoms with van der Waals surface area (Å²) in [7, 11) is 2.08. The van der Waals surface area contributed by atoms with E-state index in [1.807, 2.05) is 23.9 Å². The summed E-state index contributed by atoms with van der Waals surface area (Å²) in [4.78, 5) is 3.45. The van der Waals surface area contributed by atoms with Gasteiger partial charge in [0.25, 0.3) is 0 Å². The van der Waals surface area contributed by atoms with E-state index in [4.69, 9.17) is 0 Å². The Bertz CT molecular complexity index is 206. The SMILES string of the molecule is C=CC1=C(C=C)N(C)CCS1. The maximum atomic E-state index is 3.77. The monoisotopic (exact) mass is 167 g/mol. The summed E-state index contributed by atoms with van der Waals surface area (Å²) in [5, 5.41) is 0. The van der Waals surface area contributed by atoms with Crippen LogP contribution in [0.15, 0.2) is 35.9 Å². The summed E-state index contributed by atoms with van der Waals surface area (Å²) < 4.78 is 0. The van der Waals surface area contributed by atoms with Crippen LogP contribution in [-0.4, -0.2) is 24.2 Å². The van der Waals surface area contributed by atoms with Crippen LogP contribution in [0.2, 0.25) is 0 Å². The van der Waals surface area contributed by atoms with Gasteiger partial charge in [0.05, 0.1) is 0 Å². The molecular formula is C9H13NS. The maximum absolute atomic E-state index is 3.77. The fourth-order valence-electron chi connectivity index (χ4n) is 1.09. The summed E-state index contributed by atoms with van der Waals surface area (Å²) >= 11 is 1.85. The van der Waals surface area contributed by atoms with Gasteiger partial charge < -0.3 is 4.90 Å². The first-order valence-corrected chi connectivity index (χ1v) is 4.61. The van der Waals surface area contributed by atoms with Crippen molar-refractivity contribution in [2.24, 2.45) is 0 Å². The molecule has 0 amide bonds. The average Bonchev–Trinajstić information content (AvgIpc) is 2.04. The number of hydrogen-bond donors (Lipinski definition) is 0. The van der Waals surface area contributed by atoms with Crippen molar-refractivity contribution in [1.82, 2.24) is 4.90 Å². The summed E-state index contributed by atoms with van der Waals surface area (Å²) in [5.41, 5.74) is 1.20. The van der Waals surface area contributed by atoms with E-state index >= 15 is 0 Å². The van der Waals surface area contributed by atoms with Crippen molar-refractivity contribution in [2.75, 3.05) is 19.3 Å². The molecule has 1 heterocycles. The molecule has 1 aliphatic rings. The van der Waals surface area contributed by atoms with Crippen molar-refractivity contribution in [3.8, 4) is 0 Å². The molecule has 0 aromatic rings. The predicted molar refractivity (Wildman–Crippen MR) is 52.5 cm³/mol. The Labute approximate surface area is 72.5 Å². The van der Waals surface area contributed by atoms with E-state index < -0.39 is 0 Å². The molecule has 0 aromatic carbocycles. The maximum Gasteiger partial charge on any atom is 0.0495 e. The van der Waals surface area contributed by atoms with Gasteiger partial charge in [-0.2, -0.15) is 0 Å². The van der Waals surface area contributed by atoms with Gasteiger partial charge in [-0.25, -0.2) is 0 Å². The molecule has 0 saturated carbocycles. The highest BCUT2D eigenvalue weighted by Crippen LogP contribution is 2.27. The highest BCUT2D eigenvalue weighted by Gasteiger charge is 2.11. The molecular weight excluding hydrogens is 154 g/mol. The summed E-state index contributed by atoms with van der Waals surface area (Å²) in [5.74, 6) is 1.15. The molecule has 1 aliphatic heterocycles. The second-order valence-electron chi connectivity index (χ2n) is 2.43. The van der Waals surface area contributed by atoms with Gasteiger partial charge in [0.2, 0.25) is 0 Å². The van der Waals surface area contributed by atoms with Crippen LogP contribution < -0.4 is 0 Å². The quantitative estimate of drug-likeness (QED) is 0.620. The molecule has 0 aliphatic carbocycles. The minimum Gasteiger partial charge on any atom is -0.373 e. The van der Waals surface area contributed by atoms with Crippen molar-refractivity contribution in [2.45, 2.75) is 0 Å². The average molecular weight is 167 g/mol. The Morgan fingerprint density at radius 2 is 2.18 bits per heavy atom. The molecule has 0 atom stereocenters. The molecule has 0 radical (unpaired) electrons. The molecule has 0 N–H and O–H groups in total. The van der Waals surface area contributed by atoms with Gasteiger partial charge in [0.15, 0.2) is 0 Å². The molecule has 0 saturated heterocycles. The summed E-state index contributed by atoms with van der Waals surface area (Å²) in [6.45, 7) is 8.64. The van der Waals surface area contributed by atoms with Crippen LogP contribution in [-0.2, 0) is 0 Å². The Balaban J connectivity index is 2.94. The highest BCUT2D eigenvalue weighted by molar-refractivity contribution is 8.03. The molecule has 1 rings (SSSR count). The summed E-state index contributed by atoms with van der Waals surface area (Å²) in [6, 6.07) is 0. The van der Waals surface area contributed by atoms with E-state index in [1.165, 1.54) is 10.6 Å². The van der Waals surface area contributed by atoms with Crippen LogP contribution in [0.3, 0.4) is 0 Å². The van der Waals surface area contributed by atoms with E-state index in [9.17, 15) is 0 Å². The zero-order valence-corrected chi connectivity index (χ0v) is 7.66. The lowest BCUT2D eigenvalue weighted by Gasteiger charge is -2.26. The van der Waals surface area contributed by atoms with Gasteiger partial charge in [0, 0.05) is 29.9 Å². The van der Waals surface area contributed by atoms with Crippen molar-refractivity contribution < 1.29 is 0 Å². The fraction of sp³-hybridized carbons (Fsp3) is 0.333. The first kappa shape index (κ1) is 8.47. The molecule has 1 nitrogen and oxygen atoms in total. The van der Waals surface area contributed by atoms with E-state index in [2.05, 4.69) is 25.1 Å². The van der Waals surface area contributed by atoms with E-state index in [0.29, 0.717) is 0 Å². The fourth-order valence-corrected chi connectivity index (χ4v) is 2.18. The smallest absolute Gasteiger partial charge is 0.0495 e. The first-order chi connectivity index (χ1) is 5.29. The molecule has 0 bridgehead atoms. The van der Waals surface area contributed by atoms with Crippen LogP contribution in [0.1, 0.15) is 0 Å². The van der Waals surface area contributed by atoms with Crippen LogP contribution in [0, 0.1) is 0 Å². The topological polar surface area (TPSA) is 3.24 Å². The first-order valence-electron chi connectivity index (χ1n) is 3.62. The van der Waals surface area contributed by atoms with Gasteiger partial charge in [-0.3, -0.25) is 0 Å². The van der Waals surface area contributed by atoms with E-state index in [0.717, 1.165) is 12.3 Å². The lowest BCUT2D eigenvalue weighted by atomic mass is 10.3. The van der Waals surface area contributed by atoms with Crippen molar-refractivity contribution >= 4 is 11.8 Å². The number of hydrogen-bond acceptors (Lipinski definition) is 2. The Hall–Kier alpha value is -0.630. The van der Waals surface area contributed by atoms with Crippen LogP contribution >= 0.6 is 11.8 Å². The van der Waals surface area contributed by atoms with Crippen LogP contribution in [0.25, 0.3) is 0 Å². The normalized spacial score (nSPS) is 18.5. The molecule has 11 heavy (non-hydrogen) atoms. The third kappa shape index (κ3) is 1.69. The largest absolute Gasteiger partial charge is 0.373 e. The highest BCUT2D eigenvalue weighted by atomic mass is 32.2. The third-order valence-corrected chi connectivity index (χ3v) is 2.80. The predicted octanol–water partition coefficient (Wildman–Crippen LogP) is 2.25. The Morgan fingerprint density at radius 3 is 2.64 bits per heavy atom. The Morgan fingerprint density at radius 1 is 1.45 bits per heavy atom. The number of likely N-dealkylation sites (N-methyl/N-ethyl adjacent to an activating group) is 1.